The lowest BCUT2D eigenvalue weighted by Gasteiger charge is -2.53. The van der Waals surface area contributed by atoms with Crippen LogP contribution in [-0.4, -0.2) is 63.0 Å². The maximum absolute atomic E-state index is 15.2. The number of carboxylic acids is 1. The van der Waals surface area contributed by atoms with Gasteiger partial charge < -0.3 is 19.6 Å². The predicted octanol–water partition coefficient (Wildman–Crippen LogP) is 6.15. The molecule has 10 rings (SSSR count). The van der Waals surface area contributed by atoms with Crippen molar-refractivity contribution in [2.75, 3.05) is 4.90 Å². The van der Waals surface area contributed by atoms with E-state index in [0.29, 0.717) is 36.8 Å². The van der Waals surface area contributed by atoms with Gasteiger partial charge in [-0.25, -0.2) is 9.59 Å². The Morgan fingerprint density at radius 2 is 1.26 bits per heavy atom. The first-order valence-electron chi connectivity index (χ1n) is 18.4. The first-order valence-corrected chi connectivity index (χ1v) is 18.4. The summed E-state index contributed by atoms with van der Waals surface area (Å²) in [5, 5.41) is 10.3. The molecule has 0 radical (unpaired) electrons. The quantitative estimate of drug-likeness (QED) is 0.348. The molecule has 3 aliphatic heterocycles. The lowest BCUT2D eigenvalue weighted by Crippen LogP contribution is -2.58. The summed E-state index contributed by atoms with van der Waals surface area (Å²) in [6.45, 7) is 0.166. The minimum absolute atomic E-state index is 0.132. The molecule has 9 nitrogen and oxygen atoms in total. The molecule has 4 aliphatic carbocycles. The van der Waals surface area contributed by atoms with E-state index < -0.39 is 36.2 Å². The van der Waals surface area contributed by atoms with Gasteiger partial charge in [0.1, 0.15) is 24.2 Å². The molecule has 3 aromatic carbocycles. The molecule has 4 saturated carbocycles. The first-order chi connectivity index (χ1) is 24.3. The Morgan fingerprint density at radius 1 is 0.640 bits per heavy atom. The van der Waals surface area contributed by atoms with E-state index in [4.69, 9.17) is 4.74 Å². The molecule has 0 aromatic heterocycles. The number of aliphatic carboxylic acids is 1. The largest absolute Gasteiger partial charge is 0.480 e. The Bertz CT molecular complexity index is 1820. The van der Waals surface area contributed by atoms with Crippen molar-refractivity contribution in [3.05, 3.63) is 101 Å². The number of hydrogen-bond donors (Lipinski definition) is 1. The third-order valence-corrected chi connectivity index (χ3v) is 12.8. The zero-order valence-electron chi connectivity index (χ0n) is 28.1. The lowest BCUT2D eigenvalue weighted by molar-refractivity contribution is -0.155. The molecule has 1 saturated heterocycles. The van der Waals surface area contributed by atoms with E-state index in [1.807, 2.05) is 78.9 Å². The van der Waals surface area contributed by atoms with Crippen molar-refractivity contribution in [2.24, 2.45) is 23.7 Å². The van der Waals surface area contributed by atoms with Gasteiger partial charge in [0, 0.05) is 19.4 Å². The molecule has 1 N–H and O–H groups in total. The number of carbonyl (C=O) groups is 4. The molecular formula is C41H43N3O6. The first kappa shape index (κ1) is 31.3. The van der Waals surface area contributed by atoms with Crippen LogP contribution in [0, 0.1) is 23.7 Å². The Kier molecular flexibility index (Phi) is 7.70. The summed E-state index contributed by atoms with van der Waals surface area (Å²) in [6, 6.07) is 21.8. The number of nitrogens with zero attached hydrogens (tertiary/aromatic N) is 3. The Labute approximate surface area is 292 Å². The maximum atomic E-state index is 15.2. The highest BCUT2D eigenvalue weighted by Gasteiger charge is 2.53. The molecule has 50 heavy (non-hydrogen) atoms. The lowest BCUT2D eigenvalue weighted by atomic mass is 9.55. The average Bonchev–Trinajstić information content (AvgIpc) is 3.75. The maximum Gasteiger partial charge on any atom is 0.415 e. The van der Waals surface area contributed by atoms with Crippen molar-refractivity contribution in [3.8, 4) is 0 Å². The molecule has 0 spiro atoms. The second-order valence-corrected chi connectivity index (χ2v) is 15.6. The molecule has 258 valence electrons. The van der Waals surface area contributed by atoms with Crippen LogP contribution < -0.4 is 4.90 Å². The monoisotopic (exact) mass is 673 g/mol. The van der Waals surface area contributed by atoms with E-state index in [-0.39, 0.29) is 30.9 Å². The number of carbonyl (C=O) groups excluding carboxylic acids is 3. The third kappa shape index (κ3) is 5.19. The van der Waals surface area contributed by atoms with Gasteiger partial charge in [-0.1, -0.05) is 72.8 Å². The molecule has 0 unspecified atom stereocenters. The number of amides is 3. The normalized spacial score (nSPS) is 32.1. The summed E-state index contributed by atoms with van der Waals surface area (Å²) in [5.74, 6) is 0.498. The van der Waals surface area contributed by atoms with Gasteiger partial charge in [0.2, 0.25) is 11.8 Å². The van der Waals surface area contributed by atoms with Gasteiger partial charge in [-0.3, -0.25) is 14.5 Å². The Morgan fingerprint density at radius 3 is 1.96 bits per heavy atom. The number of likely N-dealkylation sites (tertiary alicyclic amines) is 1. The fourth-order valence-corrected chi connectivity index (χ4v) is 10.8. The van der Waals surface area contributed by atoms with Crippen LogP contribution in [0.3, 0.4) is 0 Å². The number of benzene rings is 3. The number of fused-ring (bicyclic) bond motifs is 2. The van der Waals surface area contributed by atoms with E-state index in [2.05, 4.69) is 0 Å². The smallest absolute Gasteiger partial charge is 0.415 e. The number of para-hydroxylation sites is 1. The molecule has 7 aliphatic rings. The zero-order chi connectivity index (χ0) is 34.1. The average molecular weight is 674 g/mol. The van der Waals surface area contributed by atoms with Crippen molar-refractivity contribution in [1.82, 2.24) is 9.80 Å². The van der Waals surface area contributed by atoms with Gasteiger partial charge in [0.25, 0.3) is 0 Å². The Balaban J connectivity index is 1.05. The van der Waals surface area contributed by atoms with Crippen LogP contribution >= 0.6 is 0 Å². The van der Waals surface area contributed by atoms with Crippen molar-refractivity contribution >= 4 is 29.6 Å². The van der Waals surface area contributed by atoms with Crippen LogP contribution in [0.2, 0.25) is 0 Å². The molecule has 4 atom stereocenters. The molecule has 3 aromatic rings. The number of anilines is 1. The third-order valence-electron chi connectivity index (χ3n) is 12.8. The van der Waals surface area contributed by atoms with Gasteiger partial charge in [-0.2, -0.15) is 0 Å². The number of rotatable bonds is 5. The van der Waals surface area contributed by atoms with Crippen LogP contribution in [0.1, 0.15) is 73.2 Å². The zero-order valence-corrected chi connectivity index (χ0v) is 28.1. The van der Waals surface area contributed by atoms with E-state index in [1.165, 1.54) is 11.3 Å². The van der Waals surface area contributed by atoms with Gasteiger partial charge >= 0.3 is 12.1 Å². The van der Waals surface area contributed by atoms with Crippen LogP contribution in [0.5, 0.6) is 0 Å². The molecule has 3 amide bonds. The van der Waals surface area contributed by atoms with E-state index in [1.54, 1.807) is 9.80 Å². The number of hydrogen-bond acceptors (Lipinski definition) is 5. The molecule has 5 fully saturated rings. The Hall–Kier alpha value is -4.66. The van der Waals surface area contributed by atoms with Crippen molar-refractivity contribution in [1.29, 1.82) is 0 Å². The second kappa shape index (κ2) is 12.3. The van der Waals surface area contributed by atoms with Crippen LogP contribution in [0.25, 0.3) is 0 Å². The fourth-order valence-electron chi connectivity index (χ4n) is 10.8. The predicted molar refractivity (Wildman–Crippen MR) is 185 cm³/mol. The van der Waals surface area contributed by atoms with Crippen LogP contribution in [0.15, 0.2) is 78.9 Å². The second-order valence-electron chi connectivity index (χ2n) is 15.6. The van der Waals surface area contributed by atoms with Gasteiger partial charge in [-0.15, -0.1) is 0 Å². The minimum atomic E-state index is -1.06. The summed E-state index contributed by atoms with van der Waals surface area (Å²) in [5.41, 5.74) is 4.32. The molecule has 9 heteroatoms. The van der Waals surface area contributed by atoms with Gasteiger partial charge in [0.15, 0.2) is 0 Å². The van der Waals surface area contributed by atoms with Crippen molar-refractivity contribution in [2.45, 2.75) is 94.6 Å². The SMILES string of the molecule is O=C(O)[C@H]1Cc2ccccc2CN1C(=O)[C@H]1CC[C@@H](c2ccccc2)N1C(=O)[C@H]1Cc2ccccc2N1C(=O)OC1C2CC3CC(C2)CC1C3. The summed E-state index contributed by atoms with van der Waals surface area (Å²) < 4.78 is 6.44. The van der Waals surface area contributed by atoms with E-state index in [9.17, 15) is 19.5 Å². The summed E-state index contributed by atoms with van der Waals surface area (Å²) in [6.07, 6.45) is 6.60. The molecular weight excluding hydrogens is 630 g/mol. The minimum Gasteiger partial charge on any atom is -0.480 e. The highest BCUT2D eigenvalue weighted by molar-refractivity contribution is 6.02. The number of carboxylic acid groups (broad SMARTS) is 1. The standard InChI is InChI=1S/C41H43N3O6/c45-38(42-23-29-12-5-4-10-27(29)21-36(42)40(47)48)34-15-14-33(26-8-2-1-3-9-26)43(34)39(46)35-22-28-11-6-7-13-32(28)44(35)41(49)50-37-30-17-24-16-25(19-30)20-31(37)18-24/h1-13,24-25,30-31,33-37H,14-23H2,(H,47,48)/t24?,25?,30?,31?,33-,34+,35+,36+,37?/m0/s1. The highest BCUT2D eigenvalue weighted by atomic mass is 16.6. The summed E-state index contributed by atoms with van der Waals surface area (Å²) in [7, 11) is 0. The highest BCUT2D eigenvalue weighted by Crippen LogP contribution is 2.55. The summed E-state index contributed by atoms with van der Waals surface area (Å²) in [4.78, 5) is 61.4. The van der Waals surface area contributed by atoms with Crippen LogP contribution in [0.4, 0.5) is 10.5 Å². The van der Waals surface area contributed by atoms with Crippen LogP contribution in [-0.2, 0) is 38.5 Å². The molecule has 4 bridgehead atoms. The van der Waals surface area contributed by atoms with E-state index >= 15 is 4.79 Å². The van der Waals surface area contributed by atoms with Crippen molar-refractivity contribution < 1.29 is 29.0 Å². The van der Waals surface area contributed by atoms with E-state index in [0.717, 1.165) is 59.8 Å². The topological polar surface area (TPSA) is 107 Å². The van der Waals surface area contributed by atoms with Gasteiger partial charge in [-0.05, 0) is 96.9 Å². The van der Waals surface area contributed by atoms with Gasteiger partial charge in [0.05, 0.1) is 11.7 Å². The molecule has 3 heterocycles. The fraction of sp³-hybridized carbons (Fsp3) is 0.463. The van der Waals surface area contributed by atoms with Crippen molar-refractivity contribution in [3.63, 3.8) is 0 Å². The summed E-state index contributed by atoms with van der Waals surface area (Å²) >= 11 is 0. The number of ether oxygens (including phenoxy) is 1.